The second-order valence-electron chi connectivity index (χ2n) is 13.9. The molecule has 0 heterocycles. The van der Waals surface area contributed by atoms with Gasteiger partial charge in [0.05, 0.1) is 0 Å². The van der Waals surface area contributed by atoms with Crippen LogP contribution >= 0.6 is 0 Å². The molecule has 6 aromatic rings. The largest absolute Gasteiger partial charge is 0.489 e. The van der Waals surface area contributed by atoms with E-state index in [0.29, 0.717) is 17.3 Å². The fourth-order valence-electron chi connectivity index (χ4n) is 10.9. The minimum Gasteiger partial charge on any atom is -0.423 e. The summed E-state index contributed by atoms with van der Waals surface area (Å²) in [6.07, 6.45) is 6.87. The van der Waals surface area contributed by atoms with Crippen molar-refractivity contribution in [2.75, 3.05) is 0 Å². The highest BCUT2D eigenvalue weighted by Crippen LogP contribution is 2.70. The van der Waals surface area contributed by atoms with Crippen LogP contribution in [0.3, 0.4) is 0 Å². The van der Waals surface area contributed by atoms with Crippen LogP contribution in [0.4, 0.5) is 0 Å². The predicted octanol–water partition coefficient (Wildman–Crippen LogP) is 8.22. The standard InChI is InChI=1S/C40H33BO2/c42-41(43)39-34-11-5-3-9-31(34)37(32-10-4-6-12-35(32)39)26-14-15-30-33-16-13-25-7-1-2-8-29(25)38(33)40(36(30)22-26)27-18-23-17-24(20-27)21-28(40)19-23/h1-16,22-24,27-28,42-43H,17-21H2. The maximum Gasteiger partial charge on any atom is 0.489 e. The van der Waals surface area contributed by atoms with Crippen LogP contribution in [0, 0.1) is 23.7 Å². The third-order valence-corrected chi connectivity index (χ3v) is 12.0. The van der Waals surface area contributed by atoms with E-state index in [0.717, 1.165) is 33.4 Å². The number of fused-ring (bicyclic) bond motifs is 7. The van der Waals surface area contributed by atoms with Crippen molar-refractivity contribution in [3.05, 3.63) is 114 Å². The van der Waals surface area contributed by atoms with Crippen molar-refractivity contribution in [1.29, 1.82) is 0 Å². The van der Waals surface area contributed by atoms with Crippen molar-refractivity contribution in [2.45, 2.75) is 37.5 Å². The topological polar surface area (TPSA) is 40.5 Å². The average Bonchev–Trinajstić information content (AvgIpc) is 3.32. The molecule has 2 N–H and O–H groups in total. The van der Waals surface area contributed by atoms with Crippen LogP contribution in [0.15, 0.2) is 103 Å². The highest BCUT2D eigenvalue weighted by Gasteiger charge is 2.62. The molecule has 1 spiro atoms. The maximum atomic E-state index is 10.5. The minimum absolute atomic E-state index is 0.0573. The SMILES string of the molecule is OB(O)c1c2ccccc2c(-c2ccc3c(c2)C2(c4c-3ccc3ccccc43)C3CC4CC(C3)CC2C4)c2ccccc12. The van der Waals surface area contributed by atoms with Gasteiger partial charge in [0.25, 0.3) is 0 Å². The molecule has 0 saturated heterocycles. The summed E-state index contributed by atoms with van der Waals surface area (Å²) in [4.78, 5) is 0. The Hall–Kier alpha value is -3.92. The summed E-state index contributed by atoms with van der Waals surface area (Å²) in [5.41, 5.74) is 9.10. The van der Waals surface area contributed by atoms with Gasteiger partial charge in [0.15, 0.2) is 0 Å². The first-order valence-electron chi connectivity index (χ1n) is 16.1. The zero-order valence-electron chi connectivity index (χ0n) is 24.1. The van der Waals surface area contributed by atoms with Crippen molar-refractivity contribution < 1.29 is 10.0 Å². The second-order valence-corrected chi connectivity index (χ2v) is 13.9. The summed E-state index contributed by atoms with van der Waals surface area (Å²) in [6.45, 7) is 0. The molecule has 4 fully saturated rings. The van der Waals surface area contributed by atoms with Crippen LogP contribution in [0.1, 0.15) is 43.2 Å². The maximum absolute atomic E-state index is 10.5. The molecule has 0 radical (unpaired) electrons. The first-order chi connectivity index (χ1) is 21.1. The van der Waals surface area contributed by atoms with Crippen molar-refractivity contribution in [1.82, 2.24) is 0 Å². The molecular formula is C40H33BO2. The Kier molecular flexibility index (Phi) is 4.90. The molecule has 3 heteroatoms. The zero-order valence-corrected chi connectivity index (χ0v) is 24.1. The number of hydrogen-bond acceptors (Lipinski definition) is 2. The molecule has 5 aliphatic rings. The number of benzene rings is 6. The van der Waals surface area contributed by atoms with Gasteiger partial charge in [-0.15, -0.1) is 0 Å². The third-order valence-electron chi connectivity index (χ3n) is 12.0. The van der Waals surface area contributed by atoms with Gasteiger partial charge in [-0.2, -0.15) is 0 Å². The molecule has 0 atom stereocenters. The van der Waals surface area contributed by atoms with Crippen molar-refractivity contribution in [3.8, 4) is 22.3 Å². The lowest BCUT2D eigenvalue weighted by Crippen LogP contribution is -2.55. The normalized spacial score (nSPS) is 26.5. The van der Waals surface area contributed by atoms with Crippen molar-refractivity contribution in [2.24, 2.45) is 23.7 Å². The Morgan fingerprint density at radius 3 is 1.74 bits per heavy atom. The van der Waals surface area contributed by atoms with E-state index in [1.54, 1.807) is 11.1 Å². The van der Waals surface area contributed by atoms with Crippen LogP contribution in [-0.2, 0) is 5.41 Å². The Bertz CT molecular complexity index is 2060. The monoisotopic (exact) mass is 556 g/mol. The molecule has 4 saturated carbocycles. The molecule has 0 aliphatic heterocycles. The highest BCUT2D eigenvalue weighted by molar-refractivity contribution is 6.66. The first kappa shape index (κ1) is 24.5. The number of hydrogen-bond donors (Lipinski definition) is 2. The van der Waals surface area contributed by atoms with Gasteiger partial charge in [-0.25, -0.2) is 0 Å². The molecule has 43 heavy (non-hydrogen) atoms. The summed E-state index contributed by atoms with van der Waals surface area (Å²) < 4.78 is 0. The Morgan fingerprint density at radius 2 is 1.12 bits per heavy atom. The van der Waals surface area contributed by atoms with Crippen LogP contribution in [0.25, 0.3) is 54.6 Å². The van der Waals surface area contributed by atoms with E-state index in [9.17, 15) is 10.0 Å². The molecule has 11 rings (SSSR count). The van der Waals surface area contributed by atoms with E-state index >= 15 is 0 Å². The van der Waals surface area contributed by atoms with Crippen LogP contribution in [0.5, 0.6) is 0 Å². The smallest absolute Gasteiger partial charge is 0.423 e. The van der Waals surface area contributed by atoms with Gasteiger partial charge in [-0.1, -0.05) is 97.1 Å². The van der Waals surface area contributed by atoms with Crippen molar-refractivity contribution in [3.63, 3.8) is 0 Å². The molecular weight excluding hydrogens is 523 g/mol. The van der Waals surface area contributed by atoms with Crippen molar-refractivity contribution >= 4 is 44.9 Å². The summed E-state index contributed by atoms with van der Waals surface area (Å²) in [5.74, 6) is 3.16. The summed E-state index contributed by atoms with van der Waals surface area (Å²) >= 11 is 0. The second kappa shape index (κ2) is 8.59. The average molecular weight is 557 g/mol. The Labute approximate surface area is 252 Å². The van der Waals surface area contributed by atoms with Crippen LogP contribution < -0.4 is 5.46 Å². The van der Waals surface area contributed by atoms with Crippen LogP contribution in [-0.4, -0.2) is 17.2 Å². The van der Waals surface area contributed by atoms with Gasteiger partial charge in [-0.3, -0.25) is 0 Å². The first-order valence-corrected chi connectivity index (χ1v) is 16.1. The van der Waals surface area contributed by atoms with E-state index in [1.165, 1.54) is 65.1 Å². The quantitative estimate of drug-likeness (QED) is 0.167. The van der Waals surface area contributed by atoms with Crippen LogP contribution in [0.2, 0.25) is 0 Å². The lowest BCUT2D eigenvalue weighted by molar-refractivity contribution is -0.0393. The third kappa shape index (κ3) is 3.07. The highest BCUT2D eigenvalue weighted by atomic mass is 16.4. The minimum atomic E-state index is -1.54. The lowest BCUT2D eigenvalue weighted by atomic mass is 9.43. The molecule has 208 valence electrons. The van der Waals surface area contributed by atoms with Gasteiger partial charge < -0.3 is 10.0 Å². The summed E-state index contributed by atoms with van der Waals surface area (Å²) in [6, 6.07) is 37.7. The van der Waals surface area contributed by atoms with Gasteiger partial charge in [0.1, 0.15) is 0 Å². The van der Waals surface area contributed by atoms with Gasteiger partial charge in [-0.05, 0) is 133 Å². The summed E-state index contributed by atoms with van der Waals surface area (Å²) in [7, 11) is -1.54. The Balaban J connectivity index is 1.31. The Morgan fingerprint density at radius 1 is 0.558 bits per heavy atom. The van der Waals surface area contributed by atoms with Gasteiger partial charge in [0.2, 0.25) is 0 Å². The predicted molar refractivity (Wildman–Crippen MR) is 177 cm³/mol. The number of rotatable bonds is 2. The van der Waals surface area contributed by atoms with Gasteiger partial charge in [0, 0.05) is 5.41 Å². The molecule has 6 aromatic carbocycles. The van der Waals surface area contributed by atoms with E-state index in [-0.39, 0.29) is 5.41 Å². The van der Waals surface area contributed by atoms with Gasteiger partial charge >= 0.3 is 7.12 Å². The van der Waals surface area contributed by atoms with E-state index in [2.05, 4.69) is 78.9 Å². The molecule has 4 bridgehead atoms. The van der Waals surface area contributed by atoms with E-state index in [1.807, 2.05) is 24.3 Å². The van der Waals surface area contributed by atoms with E-state index < -0.39 is 7.12 Å². The zero-order chi connectivity index (χ0) is 28.4. The van der Waals surface area contributed by atoms with E-state index in [4.69, 9.17) is 0 Å². The molecule has 2 nitrogen and oxygen atoms in total. The summed E-state index contributed by atoms with van der Waals surface area (Å²) in [5, 5.41) is 27.8. The fraction of sp³-hybridized carbons (Fsp3) is 0.250. The fourth-order valence-corrected chi connectivity index (χ4v) is 10.9. The molecule has 0 amide bonds. The molecule has 0 unspecified atom stereocenters. The molecule has 0 aromatic heterocycles. The lowest BCUT2D eigenvalue weighted by Gasteiger charge is -2.61. The molecule has 5 aliphatic carbocycles.